The quantitative estimate of drug-likeness (QED) is 0.903. The first kappa shape index (κ1) is 10.9. The Kier molecular flexibility index (Phi) is 3.25. The fourth-order valence-electron chi connectivity index (χ4n) is 1.38. The second-order valence-corrected chi connectivity index (χ2v) is 5.32. The molecule has 0 unspecified atom stereocenters. The van der Waals surface area contributed by atoms with Crippen molar-refractivity contribution in [2.75, 3.05) is 18.0 Å². The lowest BCUT2D eigenvalue weighted by molar-refractivity contribution is -0.135. The Labute approximate surface area is 100 Å². The predicted octanol–water partition coefficient (Wildman–Crippen LogP) is 2.21. The van der Waals surface area contributed by atoms with Crippen LogP contribution >= 0.6 is 27.3 Å². The van der Waals surface area contributed by atoms with Crippen LogP contribution in [0.2, 0.25) is 0 Å². The molecule has 6 heteroatoms. The van der Waals surface area contributed by atoms with E-state index in [0.717, 1.165) is 16.3 Å². The van der Waals surface area contributed by atoms with E-state index < -0.39 is 5.97 Å². The molecule has 1 aliphatic rings. The maximum absolute atomic E-state index is 10.7. The van der Waals surface area contributed by atoms with Crippen LogP contribution < -0.4 is 4.90 Å². The van der Waals surface area contributed by atoms with Gasteiger partial charge in [0, 0.05) is 11.9 Å². The molecule has 1 N–H and O–H groups in total. The number of thiazole rings is 1. The highest BCUT2D eigenvalue weighted by atomic mass is 79.9. The van der Waals surface area contributed by atoms with Crippen LogP contribution in [0, 0.1) is 5.92 Å². The van der Waals surface area contributed by atoms with Gasteiger partial charge in [-0.3, -0.25) is 4.79 Å². The highest BCUT2D eigenvalue weighted by Crippen LogP contribution is 2.32. The lowest BCUT2D eigenvalue weighted by Crippen LogP contribution is -2.31. The van der Waals surface area contributed by atoms with Gasteiger partial charge in [0.05, 0.1) is 0 Å². The molecule has 0 amide bonds. The van der Waals surface area contributed by atoms with Crippen molar-refractivity contribution in [2.45, 2.75) is 12.8 Å². The van der Waals surface area contributed by atoms with Crippen molar-refractivity contribution >= 4 is 38.4 Å². The van der Waals surface area contributed by atoms with Crippen LogP contribution in [-0.2, 0) is 4.79 Å². The lowest BCUT2D eigenvalue weighted by Gasteiger charge is -2.18. The Morgan fingerprint density at radius 2 is 2.47 bits per heavy atom. The Morgan fingerprint density at radius 1 is 1.73 bits per heavy atom. The number of hydrogen-bond acceptors (Lipinski definition) is 4. The fraction of sp³-hybridized carbons (Fsp3) is 0.556. The third kappa shape index (κ3) is 3.17. The number of carboxylic acid groups (broad SMARTS) is 1. The largest absolute Gasteiger partial charge is 0.480 e. The van der Waals surface area contributed by atoms with E-state index in [-0.39, 0.29) is 6.54 Å². The van der Waals surface area contributed by atoms with E-state index in [9.17, 15) is 4.79 Å². The van der Waals surface area contributed by atoms with E-state index in [1.807, 2.05) is 10.3 Å². The number of aromatic nitrogens is 1. The summed E-state index contributed by atoms with van der Waals surface area (Å²) < 4.78 is 0.772. The molecular formula is C9H11BrN2O2S. The van der Waals surface area contributed by atoms with Crippen molar-refractivity contribution in [1.82, 2.24) is 4.98 Å². The van der Waals surface area contributed by atoms with E-state index >= 15 is 0 Å². The van der Waals surface area contributed by atoms with E-state index in [1.165, 1.54) is 24.2 Å². The van der Waals surface area contributed by atoms with Gasteiger partial charge in [0.15, 0.2) is 5.13 Å². The zero-order chi connectivity index (χ0) is 10.8. The summed E-state index contributed by atoms with van der Waals surface area (Å²) in [6.45, 7) is 0.850. The van der Waals surface area contributed by atoms with Crippen molar-refractivity contribution in [2.24, 2.45) is 5.92 Å². The van der Waals surface area contributed by atoms with E-state index in [0.29, 0.717) is 5.92 Å². The number of aliphatic carboxylic acids is 1. The van der Waals surface area contributed by atoms with Crippen LogP contribution in [0.1, 0.15) is 12.8 Å². The van der Waals surface area contributed by atoms with Gasteiger partial charge in [-0.2, -0.15) is 0 Å². The number of anilines is 1. The molecule has 1 heterocycles. The van der Waals surface area contributed by atoms with Gasteiger partial charge in [0.1, 0.15) is 11.1 Å². The Bertz CT molecular complexity index is 365. The molecule has 0 bridgehead atoms. The summed E-state index contributed by atoms with van der Waals surface area (Å²) in [6.07, 6.45) is 2.42. The molecule has 0 saturated heterocycles. The predicted molar refractivity (Wildman–Crippen MR) is 62.4 cm³/mol. The number of rotatable bonds is 5. The highest BCUT2D eigenvalue weighted by Gasteiger charge is 2.26. The zero-order valence-corrected chi connectivity index (χ0v) is 10.4. The fourth-order valence-corrected chi connectivity index (χ4v) is 2.64. The summed E-state index contributed by atoms with van der Waals surface area (Å²) in [5, 5.41) is 11.5. The summed E-state index contributed by atoms with van der Waals surface area (Å²) in [7, 11) is 0. The second-order valence-electron chi connectivity index (χ2n) is 3.67. The number of nitrogens with zero attached hydrogens (tertiary/aromatic N) is 2. The molecule has 0 radical (unpaired) electrons. The molecule has 0 spiro atoms. The van der Waals surface area contributed by atoms with Gasteiger partial charge in [0.25, 0.3) is 0 Å². The first-order valence-corrected chi connectivity index (χ1v) is 6.40. The van der Waals surface area contributed by atoms with Crippen LogP contribution in [0.4, 0.5) is 5.13 Å². The van der Waals surface area contributed by atoms with Crippen LogP contribution in [-0.4, -0.2) is 29.1 Å². The van der Waals surface area contributed by atoms with Crippen molar-refractivity contribution in [3.8, 4) is 0 Å². The summed E-state index contributed by atoms with van der Waals surface area (Å²) in [6, 6.07) is 0. The molecule has 4 nitrogen and oxygen atoms in total. The smallest absolute Gasteiger partial charge is 0.323 e. The minimum atomic E-state index is -0.804. The minimum Gasteiger partial charge on any atom is -0.480 e. The number of carboxylic acids is 1. The monoisotopic (exact) mass is 290 g/mol. The molecule has 1 aromatic rings. The Balaban J connectivity index is 2.05. The van der Waals surface area contributed by atoms with E-state index in [4.69, 9.17) is 5.11 Å². The molecule has 1 fully saturated rings. The maximum atomic E-state index is 10.7. The topological polar surface area (TPSA) is 53.4 Å². The molecule has 0 atom stereocenters. The summed E-state index contributed by atoms with van der Waals surface area (Å²) >= 11 is 4.75. The standard InChI is InChI=1S/C9H11BrN2O2S/c10-7-5-15-9(11-7)12(4-8(13)14)3-6-1-2-6/h5-6H,1-4H2,(H,13,14). The molecular weight excluding hydrogens is 280 g/mol. The molecule has 15 heavy (non-hydrogen) atoms. The summed E-state index contributed by atoms with van der Waals surface area (Å²) in [4.78, 5) is 16.8. The average Bonchev–Trinajstić information content (AvgIpc) is 2.85. The lowest BCUT2D eigenvalue weighted by atomic mass is 10.4. The first-order valence-electron chi connectivity index (χ1n) is 4.73. The Hall–Kier alpha value is -0.620. The van der Waals surface area contributed by atoms with Crippen LogP contribution in [0.15, 0.2) is 9.98 Å². The van der Waals surface area contributed by atoms with Crippen LogP contribution in [0.25, 0.3) is 0 Å². The van der Waals surface area contributed by atoms with Crippen LogP contribution in [0.5, 0.6) is 0 Å². The van der Waals surface area contributed by atoms with Crippen molar-refractivity contribution in [3.05, 3.63) is 9.98 Å². The summed E-state index contributed by atoms with van der Waals surface area (Å²) in [5.74, 6) is -0.144. The zero-order valence-electron chi connectivity index (χ0n) is 8.02. The van der Waals surface area contributed by atoms with Crippen molar-refractivity contribution in [3.63, 3.8) is 0 Å². The molecule has 2 rings (SSSR count). The normalized spacial score (nSPS) is 15.3. The number of carbonyl (C=O) groups is 1. The molecule has 1 aromatic heterocycles. The van der Waals surface area contributed by atoms with Gasteiger partial charge in [-0.05, 0) is 34.7 Å². The second kappa shape index (κ2) is 4.49. The van der Waals surface area contributed by atoms with Gasteiger partial charge in [-0.1, -0.05) is 0 Å². The molecule has 0 aliphatic heterocycles. The van der Waals surface area contributed by atoms with Crippen molar-refractivity contribution in [1.29, 1.82) is 0 Å². The minimum absolute atomic E-state index is 0.0381. The third-order valence-electron chi connectivity index (χ3n) is 2.24. The molecule has 82 valence electrons. The molecule has 1 aliphatic carbocycles. The van der Waals surface area contributed by atoms with Gasteiger partial charge < -0.3 is 10.0 Å². The SMILES string of the molecule is O=C(O)CN(CC1CC1)c1nc(Br)cs1. The number of halogens is 1. The van der Waals surface area contributed by atoms with E-state index in [1.54, 1.807) is 0 Å². The maximum Gasteiger partial charge on any atom is 0.323 e. The summed E-state index contributed by atoms with van der Waals surface area (Å²) in [5.41, 5.74) is 0. The highest BCUT2D eigenvalue weighted by molar-refractivity contribution is 9.10. The van der Waals surface area contributed by atoms with Gasteiger partial charge in [-0.15, -0.1) is 11.3 Å². The van der Waals surface area contributed by atoms with Gasteiger partial charge in [0.2, 0.25) is 0 Å². The number of hydrogen-bond donors (Lipinski definition) is 1. The van der Waals surface area contributed by atoms with E-state index in [2.05, 4.69) is 20.9 Å². The van der Waals surface area contributed by atoms with Crippen LogP contribution in [0.3, 0.4) is 0 Å². The van der Waals surface area contributed by atoms with Crippen molar-refractivity contribution < 1.29 is 9.90 Å². The molecule has 1 saturated carbocycles. The Morgan fingerprint density at radius 3 is 2.93 bits per heavy atom. The first-order chi connectivity index (χ1) is 7.15. The third-order valence-corrected chi connectivity index (χ3v) is 3.85. The van der Waals surface area contributed by atoms with Gasteiger partial charge >= 0.3 is 5.97 Å². The molecule has 0 aromatic carbocycles. The van der Waals surface area contributed by atoms with Gasteiger partial charge in [-0.25, -0.2) is 4.98 Å². The average molecular weight is 291 g/mol.